The Morgan fingerprint density at radius 2 is 1.77 bits per heavy atom. The number of aliphatic hydroxyl groups excluding tert-OH is 1. The van der Waals surface area contributed by atoms with Gasteiger partial charge in [-0.3, -0.25) is 14.6 Å². The van der Waals surface area contributed by atoms with Crippen LogP contribution in [0.15, 0.2) is 73.1 Å². The van der Waals surface area contributed by atoms with Crippen LogP contribution in [0.5, 0.6) is 5.75 Å². The van der Waals surface area contributed by atoms with Gasteiger partial charge in [0.1, 0.15) is 12.3 Å². The lowest BCUT2D eigenvalue weighted by molar-refractivity contribution is -0.159. The number of aromatic nitrogens is 1. The summed E-state index contributed by atoms with van der Waals surface area (Å²) in [5.74, 6) is 6.69. The number of ether oxygens (including phenoxy) is 1. The fourth-order valence-corrected chi connectivity index (χ4v) is 4.93. The first-order valence-corrected chi connectivity index (χ1v) is 11.5. The van der Waals surface area contributed by atoms with Crippen LogP contribution in [0.2, 0.25) is 0 Å². The predicted octanol–water partition coefficient (Wildman–Crippen LogP) is 2.30. The van der Waals surface area contributed by atoms with Gasteiger partial charge in [0, 0.05) is 36.0 Å². The number of nitrogens with zero attached hydrogens (tertiary/aromatic N) is 3. The molecule has 1 aromatic heterocycles. The van der Waals surface area contributed by atoms with Crippen molar-refractivity contribution in [1.29, 1.82) is 0 Å². The Hall–Kier alpha value is -4.15. The molecule has 0 spiro atoms. The highest BCUT2D eigenvalue weighted by Crippen LogP contribution is 2.43. The molecule has 35 heavy (non-hydrogen) atoms. The average molecular weight is 468 g/mol. The minimum absolute atomic E-state index is 0.00728. The van der Waals surface area contributed by atoms with E-state index < -0.39 is 0 Å². The van der Waals surface area contributed by atoms with Crippen LogP contribution in [0.4, 0.5) is 0 Å². The van der Waals surface area contributed by atoms with Crippen LogP contribution < -0.4 is 4.74 Å². The van der Waals surface area contributed by atoms with Crippen LogP contribution in [-0.4, -0.2) is 70.6 Å². The van der Waals surface area contributed by atoms with Gasteiger partial charge in [-0.15, -0.1) is 0 Å². The molecule has 7 heteroatoms. The Bertz CT molecular complexity index is 1280. The van der Waals surface area contributed by atoms with Gasteiger partial charge in [0.05, 0.1) is 31.4 Å². The minimum atomic E-state index is -0.292. The molecular formula is C28H25N3O4. The molecule has 0 unspecified atom stereocenters. The third-order valence-corrected chi connectivity index (χ3v) is 6.68. The van der Waals surface area contributed by atoms with E-state index in [1.54, 1.807) is 35.2 Å². The molecule has 1 N–H and O–H groups in total. The highest BCUT2D eigenvalue weighted by atomic mass is 16.5. The molecule has 0 radical (unpaired) electrons. The largest absolute Gasteiger partial charge is 0.497 e. The topological polar surface area (TPSA) is 83.0 Å². The molecule has 2 aliphatic heterocycles. The van der Waals surface area contributed by atoms with Crippen molar-refractivity contribution in [2.75, 3.05) is 26.8 Å². The Labute approximate surface area is 204 Å². The molecule has 2 aromatic carbocycles. The van der Waals surface area contributed by atoms with E-state index in [0.29, 0.717) is 12.1 Å². The molecule has 2 saturated heterocycles. The molecule has 3 aromatic rings. The maximum absolute atomic E-state index is 12.9. The SMILES string of the molecule is COc1ccc(C#Cc2ccc([C@H]3[C@H]4CN(C(=O)c5cccnc5)CC(=O)N4[C@H]3CO)cc2)cc1. The van der Waals surface area contributed by atoms with E-state index in [4.69, 9.17) is 4.74 Å². The van der Waals surface area contributed by atoms with E-state index >= 15 is 0 Å². The van der Waals surface area contributed by atoms with E-state index in [0.717, 1.165) is 22.4 Å². The molecule has 3 heterocycles. The fraction of sp³-hybridized carbons (Fsp3) is 0.250. The van der Waals surface area contributed by atoms with Gasteiger partial charge >= 0.3 is 0 Å². The number of aliphatic hydroxyl groups is 1. The zero-order chi connectivity index (χ0) is 24.4. The number of pyridine rings is 1. The third kappa shape index (κ3) is 4.36. The standard InChI is InChI=1S/C28H25N3O4/c1-35-23-12-8-20(9-13-23)5-4-19-6-10-21(11-7-19)27-24-16-30(17-26(33)31(24)25(27)18-32)28(34)22-3-2-14-29-15-22/h2-3,6-15,24-25,27,32H,16-18H2,1H3/t24-,25+,27+/m1/s1. The minimum Gasteiger partial charge on any atom is -0.497 e. The van der Waals surface area contributed by atoms with E-state index in [1.807, 2.05) is 48.5 Å². The summed E-state index contributed by atoms with van der Waals surface area (Å²) >= 11 is 0. The molecule has 176 valence electrons. The number of hydrogen-bond donors (Lipinski definition) is 1. The highest BCUT2D eigenvalue weighted by molar-refractivity contribution is 5.97. The summed E-state index contributed by atoms with van der Waals surface area (Å²) in [5.41, 5.74) is 3.24. The number of fused-ring (bicyclic) bond motifs is 1. The summed E-state index contributed by atoms with van der Waals surface area (Å²) in [6.45, 7) is 0.301. The van der Waals surface area contributed by atoms with Gasteiger partial charge in [-0.2, -0.15) is 0 Å². The summed E-state index contributed by atoms with van der Waals surface area (Å²) in [7, 11) is 1.63. The summed E-state index contributed by atoms with van der Waals surface area (Å²) < 4.78 is 5.17. The first-order chi connectivity index (χ1) is 17.1. The normalized spacial score (nSPS) is 20.9. The van der Waals surface area contributed by atoms with Crippen LogP contribution in [0, 0.1) is 11.8 Å². The first-order valence-electron chi connectivity index (χ1n) is 11.5. The van der Waals surface area contributed by atoms with E-state index in [1.165, 1.54) is 6.20 Å². The van der Waals surface area contributed by atoms with Crippen LogP contribution >= 0.6 is 0 Å². The van der Waals surface area contributed by atoms with E-state index in [9.17, 15) is 14.7 Å². The van der Waals surface area contributed by atoms with E-state index in [-0.39, 0.29) is 43.0 Å². The highest BCUT2D eigenvalue weighted by Gasteiger charge is 2.54. The van der Waals surface area contributed by atoms with E-state index in [2.05, 4.69) is 16.8 Å². The maximum atomic E-state index is 12.9. The molecule has 5 rings (SSSR count). The Kier molecular flexibility index (Phi) is 6.21. The van der Waals surface area contributed by atoms with Crippen molar-refractivity contribution in [3.05, 3.63) is 95.3 Å². The number of rotatable bonds is 4. The number of carbonyl (C=O) groups is 2. The van der Waals surface area contributed by atoms with Gasteiger partial charge in [-0.25, -0.2) is 0 Å². The van der Waals surface area contributed by atoms with Crippen LogP contribution in [0.1, 0.15) is 33.0 Å². The van der Waals surface area contributed by atoms with Gasteiger partial charge < -0.3 is 19.6 Å². The quantitative estimate of drug-likeness (QED) is 0.596. The molecular weight excluding hydrogens is 442 g/mol. The van der Waals surface area contributed by atoms with Crippen LogP contribution in [0.25, 0.3) is 0 Å². The number of amides is 2. The molecule has 0 aliphatic carbocycles. The monoisotopic (exact) mass is 467 g/mol. The van der Waals surface area contributed by atoms with Gasteiger partial charge in [0.25, 0.3) is 5.91 Å². The zero-order valence-corrected chi connectivity index (χ0v) is 19.3. The summed E-state index contributed by atoms with van der Waals surface area (Å²) in [5, 5.41) is 10.0. The summed E-state index contributed by atoms with van der Waals surface area (Å²) in [6, 6.07) is 18.4. The van der Waals surface area contributed by atoms with Crippen molar-refractivity contribution in [2.24, 2.45) is 0 Å². The molecule has 0 bridgehead atoms. The summed E-state index contributed by atoms with van der Waals surface area (Å²) in [6.07, 6.45) is 3.12. The predicted molar refractivity (Wildman–Crippen MR) is 130 cm³/mol. The summed E-state index contributed by atoms with van der Waals surface area (Å²) in [4.78, 5) is 33.1. The van der Waals surface area contributed by atoms with Crippen LogP contribution in [0.3, 0.4) is 0 Å². The fourth-order valence-electron chi connectivity index (χ4n) is 4.93. The first kappa shape index (κ1) is 22.6. The lowest BCUT2D eigenvalue weighted by Crippen LogP contribution is -2.73. The Balaban J connectivity index is 1.33. The van der Waals surface area contributed by atoms with Gasteiger partial charge in [-0.1, -0.05) is 24.0 Å². The van der Waals surface area contributed by atoms with Crippen molar-refractivity contribution < 1.29 is 19.4 Å². The number of piperazine rings is 1. The molecule has 7 nitrogen and oxygen atoms in total. The lowest BCUT2D eigenvalue weighted by atomic mass is 9.73. The van der Waals surface area contributed by atoms with Crippen LogP contribution in [-0.2, 0) is 4.79 Å². The second-order valence-electron chi connectivity index (χ2n) is 8.67. The third-order valence-electron chi connectivity index (χ3n) is 6.68. The van der Waals surface area contributed by atoms with Crippen molar-refractivity contribution in [3.63, 3.8) is 0 Å². The zero-order valence-electron chi connectivity index (χ0n) is 19.3. The maximum Gasteiger partial charge on any atom is 0.255 e. The Morgan fingerprint density at radius 1 is 1.09 bits per heavy atom. The number of carbonyl (C=O) groups excluding carboxylic acids is 2. The smallest absolute Gasteiger partial charge is 0.255 e. The Morgan fingerprint density at radius 3 is 2.37 bits per heavy atom. The van der Waals surface area contributed by atoms with Crippen molar-refractivity contribution in [1.82, 2.24) is 14.8 Å². The average Bonchev–Trinajstić information content (AvgIpc) is 2.89. The number of hydrogen-bond acceptors (Lipinski definition) is 5. The van der Waals surface area contributed by atoms with Crippen molar-refractivity contribution >= 4 is 11.8 Å². The molecule has 2 fully saturated rings. The van der Waals surface area contributed by atoms with Gasteiger partial charge in [0.2, 0.25) is 5.91 Å². The van der Waals surface area contributed by atoms with Gasteiger partial charge in [0.15, 0.2) is 0 Å². The van der Waals surface area contributed by atoms with Crippen molar-refractivity contribution in [3.8, 4) is 17.6 Å². The lowest BCUT2D eigenvalue weighted by Gasteiger charge is -2.58. The number of methoxy groups -OCH3 is 1. The van der Waals surface area contributed by atoms with Gasteiger partial charge in [-0.05, 0) is 54.1 Å². The molecule has 0 saturated carbocycles. The molecule has 3 atom stereocenters. The second kappa shape index (κ2) is 9.61. The molecule has 2 aliphatic rings. The van der Waals surface area contributed by atoms with Crippen molar-refractivity contribution in [2.45, 2.75) is 18.0 Å². The number of benzene rings is 2. The second-order valence-corrected chi connectivity index (χ2v) is 8.67. The molecule has 2 amide bonds.